The van der Waals surface area contributed by atoms with Crippen molar-refractivity contribution in [2.75, 3.05) is 0 Å². The van der Waals surface area contributed by atoms with Gasteiger partial charge in [0.25, 0.3) is 0 Å². The Morgan fingerprint density at radius 1 is 0.750 bits per heavy atom. The van der Waals surface area contributed by atoms with Gasteiger partial charge in [-0.25, -0.2) is 4.39 Å². The zero-order chi connectivity index (χ0) is 27.1. The second-order valence-electron chi connectivity index (χ2n) is 9.55. The van der Waals surface area contributed by atoms with Crippen LogP contribution in [0.3, 0.4) is 0 Å². The normalized spacial score (nSPS) is 11.3. The number of hydrogen-bond acceptors (Lipinski definition) is 5. The van der Waals surface area contributed by atoms with E-state index in [1.165, 1.54) is 12.1 Å². The molecule has 4 heterocycles. The second-order valence-corrected chi connectivity index (χ2v) is 9.55. The molecule has 0 spiro atoms. The third-order valence-electron chi connectivity index (χ3n) is 6.85. The Balaban J connectivity index is 1.25. The molecule has 0 unspecified atom stereocenters. The highest BCUT2D eigenvalue weighted by molar-refractivity contribution is 6.01. The molecule has 0 saturated heterocycles. The first-order chi connectivity index (χ1) is 19.6. The first-order valence-corrected chi connectivity index (χ1v) is 12.7. The first kappa shape index (κ1) is 23.6. The van der Waals surface area contributed by atoms with Gasteiger partial charge in [-0.15, -0.1) is 0 Å². The number of benzene rings is 3. The topological polar surface area (TPSA) is 99.7 Å². The van der Waals surface area contributed by atoms with Crippen molar-refractivity contribution in [3.63, 3.8) is 0 Å². The molecule has 0 aliphatic heterocycles. The van der Waals surface area contributed by atoms with Crippen molar-refractivity contribution < 1.29 is 14.2 Å². The Morgan fingerprint density at radius 2 is 1.62 bits per heavy atom. The van der Waals surface area contributed by atoms with Crippen LogP contribution in [0.2, 0.25) is 0 Å². The van der Waals surface area contributed by atoms with Crippen molar-refractivity contribution in [2.45, 2.75) is 6.61 Å². The van der Waals surface area contributed by atoms with E-state index < -0.39 is 5.82 Å². The van der Waals surface area contributed by atoms with Crippen LogP contribution >= 0.6 is 0 Å². The highest BCUT2D eigenvalue weighted by Crippen LogP contribution is 2.36. The molecule has 0 saturated carbocycles. The standard InChI is InChI=1S/C32H22FN5O2/c33-23-8-21(9-24(39)12-23)28-16-35-17-31-26(28)13-30(36-31)32-27-11-20(6-7-29(27)37-38-32)22-10-25(15-34-14-22)40-18-19-4-2-1-3-5-19/h1-17,36,39H,18H2,(H,37,38). The Hall–Kier alpha value is -5.50. The summed E-state index contributed by atoms with van der Waals surface area (Å²) in [6.07, 6.45) is 6.90. The van der Waals surface area contributed by atoms with E-state index in [2.05, 4.69) is 31.2 Å². The van der Waals surface area contributed by atoms with E-state index in [1.807, 2.05) is 60.8 Å². The van der Waals surface area contributed by atoms with Gasteiger partial charge >= 0.3 is 0 Å². The number of phenols is 1. The summed E-state index contributed by atoms with van der Waals surface area (Å²) >= 11 is 0. The van der Waals surface area contributed by atoms with E-state index in [1.54, 1.807) is 18.6 Å². The van der Waals surface area contributed by atoms with Gasteiger partial charge < -0.3 is 14.8 Å². The number of halogens is 1. The van der Waals surface area contributed by atoms with Crippen molar-refractivity contribution >= 4 is 21.8 Å². The molecule has 40 heavy (non-hydrogen) atoms. The molecule has 0 atom stereocenters. The minimum absolute atomic E-state index is 0.141. The third kappa shape index (κ3) is 4.41. The number of hydrogen-bond donors (Lipinski definition) is 3. The average Bonchev–Trinajstić information content (AvgIpc) is 3.60. The fourth-order valence-corrected chi connectivity index (χ4v) is 4.93. The predicted octanol–water partition coefficient (Wildman–Crippen LogP) is 7.26. The number of fused-ring (bicyclic) bond motifs is 2. The maximum absolute atomic E-state index is 14.0. The molecule has 0 fully saturated rings. The maximum Gasteiger partial charge on any atom is 0.138 e. The summed E-state index contributed by atoms with van der Waals surface area (Å²) in [7, 11) is 0. The van der Waals surface area contributed by atoms with Crippen molar-refractivity contribution in [2.24, 2.45) is 0 Å². The molecular weight excluding hydrogens is 505 g/mol. The summed E-state index contributed by atoms with van der Waals surface area (Å²) in [5.74, 6) is 0.0307. The Morgan fingerprint density at radius 3 is 2.50 bits per heavy atom. The van der Waals surface area contributed by atoms with Gasteiger partial charge in [0.1, 0.15) is 29.6 Å². The number of ether oxygens (including phenoxy) is 1. The summed E-state index contributed by atoms with van der Waals surface area (Å²) in [4.78, 5) is 12.1. The molecule has 3 aromatic carbocycles. The van der Waals surface area contributed by atoms with Crippen LogP contribution in [0.5, 0.6) is 11.5 Å². The Bertz CT molecular complexity index is 1980. The Labute approximate surface area is 228 Å². The summed E-state index contributed by atoms with van der Waals surface area (Å²) in [6, 6.07) is 24.0. The van der Waals surface area contributed by atoms with Crippen LogP contribution < -0.4 is 4.74 Å². The molecule has 0 radical (unpaired) electrons. The molecule has 7 rings (SSSR count). The number of nitrogens with zero attached hydrogens (tertiary/aromatic N) is 3. The average molecular weight is 528 g/mol. The molecule has 7 aromatic rings. The number of nitrogens with one attached hydrogen (secondary N) is 2. The van der Waals surface area contributed by atoms with Gasteiger partial charge in [0, 0.05) is 40.4 Å². The van der Waals surface area contributed by atoms with E-state index in [-0.39, 0.29) is 5.75 Å². The lowest BCUT2D eigenvalue weighted by Gasteiger charge is -2.08. The number of aromatic nitrogens is 5. The van der Waals surface area contributed by atoms with Crippen molar-refractivity contribution in [3.05, 3.63) is 115 Å². The summed E-state index contributed by atoms with van der Waals surface area (Å²) in [5.41, 5.74) is 7.41. The van der Waals surface area contributed by atoms with E-state index >= 15 is 0 Å². The van der Waals surface area contributed by atoms with Crippen LogP contribution in [-0.4, -0.2) is 30.3 Å². The zero-order valence-electron chi connectivity index (χ0n) is 21.1. The lowest BCUT2D eigenvalue weighted by molar-refractivity contribution is 0.305. The van der Waals surface area contributed by atoms with Gasteiger partial charge in [-0.2, -0.15) is 5.10 Å². The van der Waals surface area contributed by atoms with Crippen molar-refractivity contribution in [3.8, 4) is 45.1 Å². The molecule has 0 aliphatic carbocycles. The number of rotatable bonds is 6. The molecular formula is C32H22FN5O2. The fraction of sp³-hybridized carbons (Fsp3) is 0.0312. The highest BCUT2D eigenvalue weighted by atomic mass is 19.1. The largest absolute Gasteiger partial charge is 0.508 e. The van der Waals surface area contributed by atoms with Gasteiger partial charge in [-0.05, 0) is 53.1 Å². The smallest absolute Gasteiger partial charge is 0.138 e. The molecule has 4 aromatic heterocycles. The van der Waals surface area contributed by atoms with E-state index in [9.17, 15) is 9.50 Å². The summed E-state index contributed by atoms with van der Waals surface area (Å²) in [5, 5.41) is 19.4. The quantitative estimate of drug-likeness (QED) is 0.211. The molecule has 0 amide bonds. The lowest BCUT2D eigenvalue weighted by atomic mass is 10.0. The maximum atomic E-state index is 14.0. The molecule has 7 nitrogen and oxygen atoms in total. The predicted molar refractivity (Wildman–Crippen MR) is 152 cm³/mol. The SMILES string of the molecule is Oc1cc(F)cc(-c2cncc3[nH]c(-c4n[nH]c5ccc(-c6cncc(OCc7ccccc7)c6)cc45)cc23)c1. The first-order valence-electron chi connectivity index (χ1n) is 12.7. The van der Waals surface area contributed by atoms with E-state index in [0.29, 0.717) is 23.5 Å². The summed E-state index contributed by atoms with van der Waals surface area (Å²) in [6.45, 7) is 0.462. The van der Waals surface area contributed by atoms with Crippen molar-refractivity contribution in [1.82, 2.24) is 25.1 Å². The highest BCUT2D eigenvalue weighted by Gasteiger charge is 2.15. The minimum atomic E-state index is -0.516. The van der Waals surface area contributed by atoms with Gasteiger partial charge in [0.15, 0.2) is 0 Å². The number of phenolic OH excluding ortho intramolecular Hbond substituents is 1. The second kappa shape index (κ2) is 9.67. The van der Waals surface area contributed by atoms with Crippen LogP contribution in [0.15, 0.2) is 104 Å². The summed E-state index contributed by atoms with van der Waals surface area (Å²) < 4.78 is 20.0. The number of H-pyrrole nitrogens is 2. The Kier molecular flexibility index (Phi) is 5.70. The lowest BCUT2D eigenvalue weighted by Crippen LogP contribution is -1.95. The number of aromatic amines is 2. The molecule has 0 aliphatic rings. The van der Waals surface area contributed by atoms with Gasteiger partial charge in [-0.3, -0.25) is 15.1 Å². The molecule has 3 N–H and O–H groups in total. The van der Waals surface area contributed by atoms with Gasteiger partial charge in [-0.1, -0.05) is 36.4 Å². The van der Waals surface area contributed by atoms with E-state index in [4.69, 9.17) is 4.74 Å². The molecule has 194 valence electrons. The fourth-order valence-electron chi connectivity index (χ4n) is 4.93. The number of pyridine rings is 2. The van der Waals surface area contributed by atoms with Gasteiger partial charge in [0.05, 0.1) is 29.1 Å². The van der Waals surface area contributed by atoms with Crippen molar-refractivity contribution in [1.29, 1.82) is 0 Å². The van der Waals surface area contributed by atoms with Crippen LogP contribution in [0.4, 0.5) is 4.39 Å². The minimum Gasteiger partial charge on any atom is -0.508 e. The third-order valence-corrected chi connectivity index (χ3v) is 6.85. The molecule has 8 heteroatoms. The number of aromatic hydroxyl groups is 1. The van der Waals surface area contributed by atoms with Crippen LogP contribution in [0.25, 0.3) is 55.4 Å². The van der Waals surface area contributed by atoms with Gasteiger partial charge in [0.2, 0.25) is 0 Å². The van der Waals surface area contributed by atoms with Crippen LogP contribution in [-0.2, 0) is 6.61 Å². The zero-order valence-corrected chi connectivity index (χ0v) is 21.1. The van der Waals surface area contributed by atoms with Crippen LogP contribution in [0.1, 0.15) is 5.56 Å². The van der Waals surface area contributed by atoms with Crippen LogP contribution in [0, 0.1) is 5.82 Å². The molecule has 0 bridgehead atoms. The van der Waals surface area contributed by atoms with E-state index in [0.717, 1.165) is 56.0 Å². The monoisotopic (exact) mass is 527 g/mol.